The zero-order chi connectivity index (χ0) is 35.9. The molecule has 2 aliphatic heterocycles. The number of hydrogen-bond donors (Lipinski definition) is 6. The Morgan fingerprint density at radius 1 is 0.860 bits per heavy atom. The van der Waals surface area contributed by atoms with E-state index in [2.05, 4.69) is 0 Å². The number of anilines is 1. The Balaban J connectivity index is 1.37. The van der Waals surface area contributed by atoms with E-state index in [4.69, 9.17) is 9.47 Å². The molecule has 2 unspecified atom stereocenters. The molecule has 15 heteroatoms. The van der Waals surface area contributed by atoms with Crippen LogP contribution in [0.25, 0.3) is 11.1 Å². The number of benzene rings is 4. The van der Waals surface area contributed by atoms with E-state index in [0.29, 0.717) is 16.8 Å². The molecule has 6 rings (SSSR count). The summed E-state index contributed by atoms with van der Waals surface area (Å²) in [5.41, 5.74) is 1.55. The molecular formula is C35H32FNO12S. The van der Waals surface area contributed by atoms with Crippen LogP contribution in [0.5, 0.6) is 11.5 Å². The summed E-state index contributed by atoms with van der Waals surface area (Å²) in [6.07, 6.45) is -11.8. The summed E-state index contributed by atoms with van der Waals surface area (Å²) in [7, 11) is -4.60. The van der Waals surface area contributed by atoms with Crippen molar-refractivity contribution in [2.75, 3.05) is 10.7 Å². The van der Waals surface area contributed by atoms with Crippen LogP contribution in [0.15, 0.2) is 97.1 Å². The van der Waals surface area contributed by atoms with Gasteiger partial charge in [-0.25, -0.2) is 17.6 Å². The fourth-order valence-corrected chi connectivity index (χ4v) is 8.16. The van der Waals surface area contributed by atoms with E-state index >= 15 is 0 Å². The molecule has 0 saturated carbocycles. The van der Waals surface area contributed by atoms with Crippen LogP contribution in [0, 0.1) is 5.82 Å². The summed E-state index contributed by atoms with van der Waals surface area (Å²) >= 11 is 0. The van der Waals surface area contributed by atoms with Crippen molar-refractivity contribution in [1.29, 1.82) is 0 Å². The first kappa shape index (κ1) is 34.9. The van der Waals surface area contributed by atoms with E-state index < -0.39 is 81.4 Å². The Morgan fingerprint density at radius 2 is 1.54 bits per heavy atom. The van der Waals surface area contributed by atoms with Crippen LogP contribution in [0.4, 0.5) is 10.1 Å². The number of carbonyl (C=O) groups excluding carboxylic acids is 1. The van der Waals surface area contributed by atoms with Gasteiger partial charge < -0.3 is 45.0 Å². The number of para-hydroxylation sites is 1. The fourth-order valence-electron chi connectivity index (χ4n) is 6.18. The van der Waals surface area contributed by atoms with Crippen LogP contribution in [0.2, 0.25) is 0 Å². The number of hydrogen-bond acceptors (Lipinski definition) is 11. The first-order valence-electron chi connectivity index (χ1n) is 15.3. The van der Waals surface area contributed by atoms with Gasteiger partial charge in [0.15, 0.2) is 27.5 Å². The van der Waals surface area contributed by atoms with Crippen LogP contribution in [0.1, 0.15) is 23.3 Å². The molecular weight excluding hydrogens is 677 g/mol. The zero-order valence-electron chi connectivity index (χ0n) is 25.9. The highest BCUT2D eigenvalue weighted by molar-refractivity contribution is 7.93. The molecule has 262 valence electrons. The number of nitrogens with zero attached hydrogens (tertiary/aromatic N) is 1. The highest BCUT2D eigenvalue weighted by atomic mass is 32.2. The van der Waals surface area contributed by atoms with Gasteiger partial charge in [-0.05, 0) is 59.2 Å². The maximum Gasteiger partial charge on any atom is 0.335 e. The first-order chi connectivity index (χ1) is 23.8. The Bertz CT molecular complexity index is 1990. The summed E-state index contributed by atoms with van der Waals surface area (Å²) in [5.74, 6) is -4.51. The van der Waals surface area contributed by atoms with Crippen molar-refractivity contribution >= 4 is 27.4 Å². The molecule has 4 aromatic carbocycles. The Kier molecular flexibility index (Phi) is 9.63. The molecule has 8 atom stereocenters. The van der Waals surface area contributed by atoms with Crippen LogP contribution < -0.4 is 4.90 Å². The number of ether oxygens (including phenoxy) is 2. The second-order valence-corrected chi connectivity index (χ2v) is 14.1. The van der Waals surface area contributed by atoms with Crippen molar-refractivity contribution in [3.05, 3.63) is 114 Å². The number of phenols is 2. The van der Waals surface area contributed by atoms with Gasteiger partial charge in [0.25, 0.3) is 0 Å². The molecule has 2 heterocycles. The van der Waals surface area contributed by atoms with Crippen molar-refractivity contribution in [3.8, 4) is 22.6 Å². The first-order valence-corrected chi connectivity index (χ1v) is 17.0. The summed E-state index contributed by atoms with van der Waals surface area (Å²) in [6.45, 7) is 0. The molecule has 2 fully saturated rings. The number of β-lactam (4-membered cyclic amide) rings is 1. The van der Waals surface area contributed by atoms with Crippen molar-refractivity contribution in [1.82, 2.24) is 0 Å². The molecule has 2 saturated heterocycles. The Hall–Kier alpha value is -4.90. The molecule has 0 aromatic heterocycles. The molecule has 6 N–H and O–H groups in total. The number of carboxylic acid groups (broad SMARTS) is 1. The monoisotopic (exact) mass is 709 g/mol. The number of aliphatic hydroxyl groups is 3. The van der Waals surface area contributed by atoms with Crippen LogP contribution >= 0.6 is 0 Å². The molecule has 0 bridgehead atoms. The maximum atomic E-state index is 14.3. The van der Waals surface area contributed by atoms with Gasteiger partial charge in [0.1, 0.15) is 35.6 Å². The third-order valence-electron chi connectivity index (χ3n) is 8.73. The lowest BCUT2D eigenvalue weighted by Crippen LogP contribution is -2.63. The number of aliphatic carboxylic acids is 1. The van der Waals surface area contributed by atoms with Crippen molar-refractivity contribution < 1.29 is 62.5 Å². The highest BCUT2D eigenvalue weighted by Crippen LogP contribution is 2.47. The zero-order valence-corrected chi connectivity index (χ0v) is 26.7. The quantitative estimate of drug-likeness (QED) is 0.131. The predicted molar refractivity (Wildman–Crippen MR) is 174 cm³/mol. The van der Waals surface area contributed by atoms with E-state index in [1.807, 2.05) is 0 Å². The minimum absolute atomic E-state index is 0.00897. The molecule has 1 amide bonds. The van der Waals surface area contributed by atoms with Crippen molar-refractivity contribution in [3.63, 3.8) is 0 Å². The maximum absolute atomic E-state index is 14.3. The fraction of sp³-hybridized carbons (Fsp3) is 0.257. The van der Waals surface area contributed by atoms with E-state index in [1.54, 1.807) is 48.5 Å². The van der Waals surface area contributed by atoms with Crippen LogP contribution in [-0.4, -0.2) is 92.6 Å². The van der Waals surface area contributed by atoms with Gasteiger partial charge in [-0.1, -0.05) is 54.6 Å². The minimum Gasteiger partial charge on any atom is -0.508 e. The number of carbonyl (C=O) groups is 2. The lowest BCUT2D eigenvalue weighted by molar-refractivity contribution is -0.303. The van der Waals surface area contributed by atoms with E-state index in [-0.39, 0.29) is 22.6 Å². The number of rotatable bonds is 10. The van der Waals surface area contributed by atoms with Gasteiger partial charge in [-0.15, -0.1) is 0 Å². The summed E-state index contributed by atoms with van der Waals surface area (Å²) in [4.78, 5) is 26.7. The lowest BCUT2D eigenvalue weighted by Gasteiger charge is -2.47. The highest BCUT2D eigenvalue weighted by Gasteiger charge is 2.57. The summed E-state index contributed by atoms with van der Waals surface area (Å²) < 4.78 is 53.4. The van der Waals surface area contributed by atoms with Gasteiger partial charge in [0.2, 0.25) is 5.91 Å². The van der Waals surface area contributed by atoms with Gasteiger partial charge in [0, 0.05) is 11.3 Å². The smallest absolute Gasteiger partial charge is 0.335 e. The molecule has 13 nitrogen and oxygen atoms in total. The van der Waals surface area contributed by atoms with E-state index in [9.17, 15) is 53.0 Å². The molecule has 2 aliphatic rings. The average Bonchev–Trinajstić information content (AvgIpc) is 3.07. The number of aromatic hydroxyl groups is 2. The van der Waals surface area contributed by atoms with Gasteiger partial charge >= 0.3 is 5.97 Å². The van der Waals surface area contributed by atoms with E-state index in [0.717, 1.165) is 12.1 Å². The normalized spacial score (nSPS) is 25.9. The van der Waals surface area contributed by atoms with Crippen molar-refractivity contribution in [2.24, 2.45) is 0 Å². The van der Waals surface area contributed by atoms with Crippen LogP contribution in [-0.2, 0) is 28.9 Å². The van der Waals surface area contributed by atoms with Crippen molar-refractivity contribution in [2.45, 2.75) is 48.1 Å². The Labute approximate surface area is 284 Å². The number of carboxylic acids is 1. The lowest BCUT2D eigenvalue weighted by atomic mass is 9.90. The second-order valence-electron chi connectivity index (χ2n) is 12.0. The van der Waals surface area contributed by atoms with Crippen LogP contribution in [0.3, 0.4) is 0 Å². The molecule has 0 spiro atoms. The second kappa shape index (κ2) is 13.8. The third kappa shape index (κ3) is 6.66. The number of amides is 1. The topological polar surface area (TPSA) is 211 Å². The van der Waals surface area contributed by atoms with Gasteiger partial charge in [-0.2, -0.15) is 0 Å². The van der Waals surface area contributed by atoms with E-state index in [1.165, 1.54) is 41.3 Å². The molecule has 4 aromatic rings. The molecule has 50 heavy (non-hydrogen) atoms. The number of phenolic OH excluding ortho intramolecular Hbond substituents is 2. The predicted octanol–water partition coefficient (Wildman–Crippen LogP) is 2.43. The molecule has 0 aliphatic carbocycles. The number of halogens is 1. The number of sulfone groups is 1. The summed E-state index contributed by atoms with van der Waals surface area (Å²) in [5, 5.41) is 59.9. The largest absolute Gasteiger partial charge is 0.508 e. The standard InChI is InChI=1S/C35H32FNO12S/c36-21-12-9-18(10-13-21)26(48-35-30(42)28(40)29(41)31(49-35)34(44)45)17-50(46,47)32-27(37(33(32)43)22-6-2-1-3-7-22)24-14-11-20(16-25(24)39)19-5-4-8-23(38)15-19/h1-16,26-32,35,38-42H,17H2,(H,44,45)/t26-,27+,28-,29+,30?,31?,32+,35+/m0/s1. The average molecular weight is 710 g/mol. The number of aliphatic hydroxyl groups excluding tert-OH is 3. The minimum atomic E-state index is -4.60. The SMILES string of the molecule is O=C(O)C1O[C@@H](O[C@@H](CS(=O)(=O)[C@H]2C(=O)N(c3ccccc3)[C@@H]2c2ccc(-c3cccc(O)c3)cc2O)c2ccc(F)cc2)C(O)[C@@H](O)[C@H]1O. The van der Waals surface area contributed by atoms with Gasteiger partial charge in [0.05, 0.1) is 17.9 Å². The van der Waals surface area contributed by atoms with Gasteiger partial charge in [-0.3, -0.25) is 4.79 Å². The molecule has 0 radical (unpaired) electrons. The Morgan fingerprint density at radius 3 is 2.18 bits per heavy atom. The third-order valence-corrected chi connectivity index (χ3v) is 10.7. The summed E-state index contributed by atoms with van der Waals surface area (Å²) in [6, 6.07) is 22.1.